The molecule has 118 valence electrons. The lowest BCUT2D eigenvalue weighted by molar-refractivity contribution is -0.134. The highest BCUT2D eigenvalue weighted by molar-refractivity contribution is 5.81. The second-order valence-corrected chi connectivity index (χ2v) is 6.20. The van der Waals surface area contributed by atoms with E-state index in [1.165, 1.54) is 35.4 Å². The smallest absolute Gasteiger partial charge is 0.338 e. The maximum absolute atomic E-state index is 11.6. The average Bonchev–Trinajstić information content (AvgIpc) is 2.65. The number of hydrogen-bond acceptors (Lipinski definition) is 2. The molecule has 0 radical (unpaired) electrons. The fourth-order valence-electron chi connectivity index (χ4n) is 4.19. The van der Waals surface area contributed by atoms with Gasteiger partial charge in [0.25, 0.3) is 0 Å². The van der Waals surface area contributed by atoms with Gasteiger partial charge >= 0.3 is 5.97 Å². The number of fused-ring (bicyclic) bond motifs is 1. The van der Waals surface area contributed by atoms with Crippen LogP contribution in [-0.4, -0.2) is 13.1 Å². The maximum atomic E-state index is 11.6. The number of benzene rings is 2. The maximum Gasteiger partial charge on any atom is 0.338 e. The van der Waals surface area contributed by atoms with E-state index >= 15 is 0 Å². The Hall–Kier alpha value is -2.83. The molecule has 5 rings (SSSR count). The minimum atomic E-state index is -0.381. The first-order valence-electron chi connectivity index (χ1n) is 8.11. The molecular formula is C22H18O2. The molecule has 24 heavy (non-hydrogen) atoms. The van der Waals surface area contributed by atoms with Gasteiger partial charge in [0.05, 0.1) is 13.2 Å². The van der Waals surface area contributed by atoms with Gasteiger partial charge in [-0.3, -0.25) is 0 Å². The summed E-state index contributed by atoms with van der Waals surface area (Å²) in [7, 11) is 1.38. The van der Waals surface area contributed by atoms with Crippen molar-refractivity contribution in [2.75, 3.05) is 7.11 Å². The van der Waals surface area contributed by atoms with Crippen LogP contribution in [-0.2, 0) is 9.53 Å². The Kier molecular flexibility index (Phi) is 3.48. The van der Waals surface area contributed by atoms with Crippen LogP contribution in [0.1, 0.15) is 34.1 Å². The Balaban J connectivity index is 2.02. The van der Waals surface area contributed by atoms with E-state index in [4.69, 9.17) is 4.74 Å². The number of carbonyl (C=O) groups is 1. The van der Waals surface area contributed by atoms with Crippen LogP contribution >= 0.6 is 0 Å². The summed E-state index contributed by atoms with van der Waals surface area (Å²) in [6.07, 6.45) is 3.38. The number of esters is 1. The van der Waals surface area contributed by atoms with Gasteiger partial charge < -0.3 is 4.74 Å². The summed E-state index contributed by atoms with van der Waals surface area (Å²) in [4.78, 5) is 11.6. The monoisotopic (exact) mass is 314 g/mol. The van der Waals surface area contributed by atoms with Gasteiger partial charge in [0.15, 0.2) is 0 Å². The molecule has 0 aromatic heterocycles. The average molecular weight is 314 g/mol. The predicted octanol–water partition coefficient (Wildman–Crippen LogP) is 4.33. The molecule has 0 aliphatic heterocycles. The molecule has 0 N–H and O–H groups in total. The van der Waals surface area contributed by atoms with Crippen LogP contribution in [0.3, 0.4) is 0 Å². The number of carbonyl (C=O) groups excluding carboxylic acids is 1. The second kappa shape index (κ2) is 5.67. The first kappa shape index (κ1) is 14.7. The molecule has 0 heterocycles. The zero-order valence-electron chi connectivity index (χ0n) is 13.5. The number of rotatable bonds is 2. The van der Waals surface area contributed by atoms with Crippen LogP contribution < -0.4 is 0 Å². The van der Waals surface area contributed by atoms with Crippen LogP contribution in [0.5, 0.6) is 0 Å². The highest BCUT2D eigenvalue weighted by atomic mass is 16.5. The fraction of sp³-hybridized carbons (Fsp3) is 0.182. The molecule has 2 heteroatoms. The van der Waals surface area contributed by atoms with Crippen molar-refractivity contribution in [2.45, 2.75) is 11.8 Å². The van der Waals surface area contributed by atoms with Crippen molar-refractivity contribution in [2.24, 2.45) is 5.92 Å². The first-order valence-corrected chi connectivity index (χ1v) is 8.11. The Bertz CT molecular complexity index is 852. The van der Waals surface area contributed by atoms with Gasteiger partial charge in [-0.2, -0.15) is 0 Å². The van der Waals surface area contributed by atoms with Gasteiger partial charge in [-0.15, -0.1) is 12.3 Å². The molecule has 0 amide bonds. The van der Waals surface area contributed by atoms with E-state index in [-0.39, 0.29) is 23.7 Å². The van der Waals surface area contributed by atoms with Crippen LogP contribution in [0.15, 0.2) is 78.6 Å². The predicted molar refractivity (Wildman–Crippen MR) is 93.9 cm³/mol. The van der Waals surface area contributed by atoms with Gasteiger partial charge in [0, 0.05) is 17.8 Å². The highest BCUT2D eigenvalue weighted by Crippen LogP contribution is 2.57. The number of methoxy groups -OCH3 is 1. The summed E-state index contributed by atoms with van der Waals surface area (Å²) in [5.74, 6) is 0.105. The summed E-state index contributed by atoms with van der Waals surface area (Å²) in [6.45, 7) is 4.06. The summed E-state index contributed by atoms with van der Waals surface area (Å²) in [5.41, 5.74) is 9.65. The van der Waals surface area contributed by atoms with Gasteiger partial charge in [0.2, 0.25) is 0 Å². The van der Waals surface area contributed by atoms with E-state index in [9.17, 15) is 4.79 Å². The van der Waals surface area contributed by atoms with E-state index in [1.807, 2.05) is 6.08 Å². The fourth-order valence-corrected chi connectivity index (χ4v) is 4.19. The third kappa shape index (κ3) is 2.01. The largest absolute Gasteiger partial charge is 0.465 e. The van der Waals surface area contributed by atoms with Crippen LogP contribution in [0.2, 0.25) is 0 Å². The molecule has 2 aromatic carbocycles. The molecule has 2 aromatic rings. The number of allylic oxidation sites excluding steroid dienone is 1. The molecule has 0 saturated carbocycles. The molecule has 3 aliphatic carbocycles. The summed E-state index contributed by atoms with van der Waals surface area (Å²) < 4.78 is 4.73. The molecule has 0 spiro atoms. The lowest BCUT2D eigenvalue weighted by Gasteiger charge is -2.45. The number of ether oxygens (including phenoxy) is 1. The highest BCUT2D eigenvalue weighted by Gasteiger charge is 2.45. The molecule has 0 fully saturated rings. The molecule has 2 nitrogen and oxygen atoms in total. The van der Waals surface area contributed by atoms with E-state index < -0.39 is 0 Å². The van der Waals surface area contributed by atoms with Gasteiger partial charge in [0.1, 0.15) is 0 Å². The van der Waals surface area contributed by atoms with E-state index in [2.05, 4.69) is 60.8 Å². The summed E-state index contributed by atoms with van der Waals surface area (Å²) in [6, 6.07) is 17.1. The Morgan fingerprint density at radius 3 is 2.08 bits per heavy atom. The van der Waals surface area contributed by atoms with Crippen LogP contribution in [0, 0.1) is 5.92 Å². The molecule has 1 unspecified atom stereocenters. The lowest BCUT2D eigenvalue weighted by Crippen LogP contribution is -2.33. The van der Waals surface area contributed by atoms with E-state index in [0.717, 1.165) is 5.57 Å². The van der Waals surface area contributed by atoms with Crippen molar-refractivity contribution < 1.29 is 9.53 Å². The van der Waals surface area contributed by atoms with E-state index in [0.29, 0.717) is 0 Å². The molecule has 3 aliphatic rings. The third-order valence-corrected chi connectivity index (χ3v) is 5.13. The van der Waals surface area contributed by atoms with Gasteiger partial charge in [-0.05, 0) is 27.8 Å². The van der Waals surface area contributed by atoms with Crippen LogP contribution in [0.4, 0.5) is 0 Å². The Morgan fingerprint density at radius 2 is 1.58 bits per heavy atom. The second-order valence-electron chi connectivity index (χ2n) is 6.20. The minimum absolute atomic E-state index is 0.117. The van der Waals surface area contributed by atoms with Gasteiger partial charge in [-0.1, -0.05) is 54.6 Å². The van der Waals surface area contributed by atoms with Crippen molar-refractivity contribution in [3.63, 3.8) is 0 Å². The molecule has 0 saturated heterocycles. The molecule has 1 atom stereocenters. The van der Waals surface area contributed by atoms with Gasteiger partial charge in [-0.25, -0.2) is 4.79 Å². The molecular weight excluding hydrogens is 296 g/mol. The van der Waals surface area contributed by atoms with Crippen LogP contribution in [0.25, 0.3) is 0 Å². The molecule has 2 bridgehead atoms. The Morgan fingerprint density at radius 1 is 1.04 bits per heavy atom. The SMILES string of the molecule is C=CC1C(=C=CC(=O)OC)C2c3ccccc3C1c1ccccc12. The van der Waals surface area contributed by atoms with Crippen molar-refractivity contribution in [3.8, 4) is 0 Å². The zero-order chi connectivity index (χ0) is 16.7. The Labute approximate surface area is 141 Å². The summed E-state index contributed by atoms with van der Waals surface area (Å²) >= 11 is 0. The third-order valence-electron chi connectivity index (χ3n) is 5.13. The topological polar surface area (TPSA) is 26.3 Å². The van der Waals surface area contributed by atoms with Crippen molar-refractivity contribution >= 4 is 5.97 Å². The minimum Gasteiger partial charge on any atom is -0.465 e. The summed E-state index contributed by atoms with van der Waals surface area (Å²) in [5, 5.41) is 0. The first-order chi connectivity index (χ1) is 11.8. The lowest BCUT2D eigenvalue weighted by atomic mass is 9.57. The van der Waals surface area contributed by atoms with Crippen molar-refractivity contribution in [1.82, 2.24) is 0 Å². The number of hydrogen-bond donors (Lipinski definition) is 0. The van der Waals surface area contributed by atoms with Crippen molar-refractivity contribution in [3.05, 3.63) is 101 Å². The zero-order valence-corrected chi connectivity index (χ0v) is 13.5. The normalized spacial score (nSPS) is 22.9. The van der Waals surface area contributed by atoms with E-state index in [1.54, 1.807) is 0 Å². The quantitative estimate of drug-likeness (QED) is 0.357. The van der Waals surface area contributed by atoms with Crippen molar-refractivity contribution in [1.29, 1.82) is 0 Å². The standard InChI is InChI=1S/C22H18O2/c1-3-14-19(12-13-20(23)24-2)22-17-10-6-4-8-15(17)21(14)16-9-5-7-11-18(16)22/h3-11,13-14,21-22H,1H2,2H3.